The fraction of sp³-hybridized carbons (Fsp3) is 0.692. The minimum Gasteiger partial charge on any atom is -0.469 e. The second-order valence-corrected chi connectivity index (χ2v) is 4.75. The van der Waals surface area contributed by atoms with Gasteiger partial charge in [0.25, 0.3) is 0 Å². The third kappa shape index (κ3) is 3.65. The van der Waals surface area contributed by atoms with Crippen molar-refractivity contribution in [2.24, 2.45) is 11.7 Å². The molecule has 1 aromatic rings. The lowest BCUT2D eigenvalue weighted by Crippen LogP contribution is -2.39. The van der Waals surface area contributed by atoms with Crippen LogP contribution in [0.15, 0.2) is 16.7 Å². The molecule has 0 saturated carbocycles. The first-order valence-corrected chi connectivity index (χ1v) is 6.01. The van der Waals surface area contributed by atoms with Crippen LogP contribution in [0.25, 0.3) is 0 Å². The van der Waals surface area contributed by atoms with E-state index in [9.17, 15) is 0 Å². The van der Waals surface area contributed by atoms with Crippen molar-refractivity contribution in [2.45, 2.75) is 39.8 Å². The quantitative estimate of drug-likeness (QED) is 0.806. The van der Waals surface area contributed by atoms with Crippen molar-refractivity contribution in [3.63, 3.8) is 0 Å². The van der Waals surface area contributed by atoms with Crippen molar-refractivity contribution < 1.29 is 4.42 Å². The van der Waals surface area contributed by atoms with Crippen LogP contribution in [0.1, 0.15) is 31.6 Å². The molecule has 0 bridgehead atoms. The third-order valence-corrected chi connectivity index (χ3v) is 3.30. The van der Waals surface area contributed by atoms with Crippen LogP contribution in [0.5, 0.6) is 0 Å². The molecule has 3 heteroatoms. The van der Waals surface area contributed by atoms with Crippen molar-refractivity contribution in [3.05, 3.63) is 23.7 Å². The Bertz CT molecular complexity index is 309. The average molecular weight is 224 g/mol. The van der Waals surface area contributed by atoms with E-state index < -0.39 is 0 Å². The molecule has 1 aromatic heterocycles. The van der Waals surface area contributed by atoms with E-state index >= 15 is 0 Å². The van der Waals surface area contributed by atoms with Gasteiger partial charge in [0, 0.05) is 24.7 Å². The minimum atomic E-state index is 0.252. The Labute approximate surface area is 98.6 Å². The van der Waals surface area contributed by atoms with Gasteiger partial charge in [-0.2, -0.15) is 0 Å². The fourth-order valence-corrected chi connectivity index (χ4v) is 1.77. The molecule has 2 unspecified atom stereocenters. The number of likely N-dealkylation sites (N-methyl/N-ethyl adjacent to an activating group) is 1. The third-order valence-electron chi connectivity index (χ3n) is 3.30. The molecule has 0 radical (unpaired) electrons. The van der Waals surface area contributed by atoms with Gasteiger partial charge in [-0.25, -0.2) is 0 Å². The summed E-state index contributed by atoms with van der Waals surface area (Å²) in [4.78, 5) is 2.26. The second kappa shape index (κ2) is 6.06. The minimum absolute atomic E-state index is 0.252. The molecule has 0 aliphatic carbocycles. The normalized spacial score (nSPS) is 15.4. The number of furan rings is 1. The summed E-state index contributed by atoms with van der Waals surface area (Å²) < 4.78 is 5.28. The molecule has 2 atom stereocenters. The Balaban J connectivity index is 2.42. The SMILES string of the molecule is CCC(C)C(N)CN(C)Cc1ccoc1C. The van der Waals surface area contributed by atoms with Crippen molar-refractivity contribution in [1.82, 2.24) is 4.90 Å². The highest BCUT2D eigenvalue weighted by atomic mass is 16.3. The van der Waals surface area contributed by atoms with Crippen LogP contribution in [0.2, 0.25) is 0 Å². The van der Waals surface area contributed by atoms with Crippen molar-refractivity contribution in [3.8, 4) is 0 Å². The van der Waals surface area contributed by atoms with Gasteiger partial charge in [-0.1, -0.05) is 20.3 Å². The van der Waals surface area contributed by atoms with Crippen LogP contribution in [-0.2, 0) is 6.54 Å². The van der Waals surface area contributed by atoms with Gasteiger partial charge in [-0.3, -0.25) is 0 Å². The lowest BCUT2D eigenvalue weighted by atomic mass is 10.00. The zero-order valence-corrected chi connectivity index (χ0v) is 10.9. The molecular formula is C13H24N2O. The summed E-state index contributed by atoms with van der Waals surface area (Å²) in [6.07, 6.45) is 2.88. The number of nitrogens with zero attached hydrogens (tertiary/aromatic N) is 1. The molecule has 3 nitrogen and oxygen atoms in total. The topological polar surface area (TPSA) is 42.4 Å². The molecule has 0 aromatic carbocycles. The lowest BCUT2D eigenvalue weighted by molar-refractivity contribution is 0.266. The van der Waals surface area contributed by atoms with E-state index in [-0.39, 0.29) is 6.04 Å². The first-order chi connectivity index (χ1) is 7.54. The van der Waals surface area contributed by atoms with Crippen molar-refractivity contribution in [2.75, 3.05) is 13.6 Å². The van der Waals surface area contributed by atoms with Gasteiger partial charge < -0.3 is 15.1 Å². The van der Waals surface area contributed by atoms with Crippen LogP contribution in [0, 0.1) is 12.8 Å². The molecule has 1 rings (SSSR count). The highest BCUT2D eigenvalue weighted by Gasteiger charge is 2.14. The fourth-order valence-electron chi connectivity index (χ4n) is 1.77. The lowest BCUT2D eigenvalue weighted by Gasteiger charge is -2.24. The molecular weight excluding hydrogens is 200 g/mol. The van der Waals surface area contributed by atoms with E-state index in [1.807, 2.05) is 13.0 Å². The maximum Gasteiger partial charge on any atom is 0.105 e. The Morgan fingerprint density at radius 1 is 1.50 bits per heavy atom. The summed E-state index contributed by atoms with van der Waals surface area (Å²) in [5.74, 6) is 1.58. The summed E-state index contributed by atoms with van der Waals surface area (Å²) in [6.45, 7) is 8.23. The van der Waals surface area contributed by atoms with Gasteiger partial charge in [0.15, 0.2) is 0 Å². The van der Waals surface area contributed by atoms with Crippen molar-refractivity contribution in [1.29, 1.82) is 0 Å². The van der Waals surface area contributed by atoms with Gasteiger partial charge in [0.1, 0.15) is 5.76 Å². The van der Waals surface area contributed by atoms with E-state index in [1.165, 1.54) is 5.56 Å². The Morgan fingerprint density at radius 2 is 2.19 bits per heavy atom. The molecule has 1 heterocycles. The standard InChI is InChI=1S/C13H24N2O/c1-5-10(2)13(14)9-15(4)8-12-6-7-16-11(12)3/h6-7,10,13H,5,8-9,14H2,1-4H3. The monoisotopic (exact) mass is 224 g/mol. The van der Waals surface area contributed by atoms with Crippen LogP contribution in [0.3, 0.4) is 0 Å². The summed E-state index contributed by atoms with van der Waals surface area (Å²) in [6, 6.07) is 2.28. The first-order valence-electron chi connectivity index (χ1n) is 6.01. The maximum atomic E-state index is 6.13. The summed E-state index contributed by atoms with van der Waals surface area (Å²) >= 11 is 0. The molecule has 0 aliphatic rings. The number of nitrogens with two attached hydrogens (primary N) is 1. The van der Waals surface area contributed by atoms with Gasteiger partial charge >= 0.3 is 0 Å². The average Bonchev–Trinajstić information content (AvgIpc) is 2.63. The number of rotatable bonds is 6. The van der Waals surface area contributed by atoms with E-state index in [0.717, 1.165) is 25.3 Å². The summed E-state index contributed by atoms with van der Waals surface area (Å²) in [7, 11) is 2.11. The van der Waals surface area contributed by atoms with Crippen LogP contribution >= 0.6 is 0 Å². The number of hydrogen-bond acceptors (Lipinski definition) is 3. The number of hydrogen-bond donors (Lipinski definition) is 1. The first kappa shape index (κ1) is 13.3. The van der Waals surface area contributed by atoms with Gasteiger partial charge in [-0.15, -0.1) is 0 Å². The second-order valence-electron chi connectivity index (χ2n) is 4.75. The van der Waals surface area contributed by atoms with E-state index in [1.54, 1.807) is 6.26 Å². The van der Waals surface area contributed by atoms with E-state index in [0.29, 0.717) is 5.92 Å². The van der Waals surface area contributed by atoms with E-state index in [2.05, 4.69) is 25.8 Å². The van der Waals surface area contributed by atoms with Gasteiger partial charge in [-0.05, 0) is 26.0 Å². The molecule has 0 fully saturated rings. The van der Waals surface area contributed by atoms with Gasteiger partial charge in [0.05, 0.1) is 6.26 Å². The maximum absolute atomic E-state index is 6.13. The molecule has 92 valence electrons. The smallest absolute Gasteiger partial charge is 0.105 e. The molecule has 0 aliphatic heterocycles. The molecule has 2 N–H and O–H groups in total. The Kier molecular flexibility index (Phi) is 5.03. The largest absolute Gasteiger partial charge is 0.469 e. The van der Waals surface area contributed by atoms with Crippen LogP contribution in [-0.4, -0.2) is 24.5 Å². The molecule has 0 saturated heterocycles. The van der Waals surface area contributed by atoms with Crippen molar-refractivity contribution >= 4 is 0 Å². The Hall–Kier alpha value is -0.800. The summed E-state index contributed by atoms with van der Waals surface area (Å²) in [5.41, 5.74) is 7.38. The molecule has 0 amide bonds. The molecule has 0 spiro atoms. The zero-order valence-electron chi connectivity index (χ0n) is 10.9. The van der Waals surface area contributed by atoms with Crippen LogP contribution < -0.4 is 5.73 Å². The Morgan fingerprint density at radius 3 is 2.69 bits per heavy atom. The highest BCUT2D eigenvalue weighted by Crippen LogP contribution is 2.12. The van der Waals surface area contributed by atoms with E-state index in [4.69, 9.17) is 10.2 Å². The summed E-state index contributed by atoms with van der Waals surface area (Å²) in [5, 5.41) is 0. The highest BCUT2D eigenvalue weighted by molar-refractivity contribution is 5.14. The van der Waals surface area contributed by atoms with Crippen LogP contribution in [0.4, 0.5) is 0 Å². The predicted molar refractivity (Wildman–Crippen MR) is 67.2 cm³/mol. The zero-order chi connectivity index (χ0) is 12.1. The predicted octanol–water partition coefficient (Wildman–Crippen LogP) is 2.39. The molecule has 16 heavy (non-hydrogen) atoms. The number of aryl methyl sites for hydroxylation is 1. The van der Waals surface area contributed by atoms with Gasteiger partial charge in [0.2, 0.25) is 0 Å².